The highest BCUT2D eigenvalue weighted by atomic mass is 35.5. The summed E-state index contributed by atoms with van der Waals surface area (Å²) in [7, 11) is 0. The van der Waals surface area contributed by atoms with Crippen molar-refractivity contribution in [2.75, 3.05) is 13.2 Å². The van der Waals surface area contributed by atoms with Gasteiger partial charge in [0.1, 0.15) is 30.5 Å². The van der Waals surface area contributed by atoms with Crippen molar-refractivity contribution >= 4 is 23.4 Å². The maximum atomic E-state index is 11.6. The van der Waals surface area contributed by atoms with Gasteiger partial charge in [-0.25, -0.2) is 0 Å². The Morgan fingerprint density at radius 2 is 1.71 bits per heavy atom. The third-order valence-electron chi connectivity index (χ3n) is 4.07. The highest BCUT2D eigenvalue weighted by molar-refractivity contribution is 6.32. The maximum absolute atomic E-state index is 11.6. The molecule has 2 aromatic carbocycles. The zero-order chi connectivity index (χ0) is 20.7. The maximum Gasteiger partial charge on any atom is 0.307 e. The summed E-state index contributed by atoms with van der Waals surface area (Å²) in [5.74, 6) is -0.227. The van der Waals surface area contributed by atoms with Gasteiger partial charge >= 0.3 is 5.97 Å². The third kappa shape index (κ3) is 5.63. The van der Waals surface area contributed by atoms with Crippen molar-refractivity contribution in [1.82, 2.24) is 0 Å². The van der Waals surface area contributed by atoms with E-state index >= 15 is 0 Å². The number of hydrogen-bond acceptors (Lipinski definition) is 5. The van der Waals surface area contributed by atoms with Gasteiger partial charge in [0, 0.05) is 5.56 Å². The zero-order valence-corrected chi connectivity index (χ0v) is 16.6. The minimum absolute atomic E-state index is 0.0372. The van der Waals surface area contributed by atoms with Crippen LogP contribution in [0.5, 0.6) is 17.2 Å². The molecule has 0 atom stereocenters. The van der Waals surface area contributed by atoms with Crippen molar-refractivity contribution < 1.29 is 29.3 Å². The first kappa shape index (κ1) is 21.6. The molecule has 2 rings (SSSR count). The van der Waals surface area contributed by atoms with Crippen molar-refractivity contribution in [3.05, 3.63) is 52.0 Å². The first-order chi connectivity index (χ1) is 13.3. The average Bonchev–Trinajstić information content (AvgIpc) is 2.62. The van der Waals surface area contributed by atoms with Gasteiger partial charge in [0.25, 0.3) is 0 Å². The van der Waals surface area contributed by atoms with Crippen LogP contribution >= 0.6 is 11.6 Å². The van der Waals surface area contributed by atoms with E-state index in [0.717, 1.165) is 6.42 Å². The smallest absolute Gasteiger partial charge is 0.307 e. The molecule has 6 nitrogen and oxygen atoms in total. The number of carboxylic acids is 1. The molecule has 0 radical (unpaired) electrons. The normalized spacial score (nSPS) is 10.5. The van der Waals surface area contributed by atoms with Crippen molar-refractivity contribution in [3.8, 4) is 17.2 Å². The number of ether oxygens (including phenoxy) is 2. The van der Waals surface area contributed by atoms with Crippen LogP contribution in [0.25, 0.3) is 0 Å². The molecule has 28 heavy (non-hydrogen) atoms. The average molecular weight is 407 g/mol. The van der Waals surface area contributed by atoms with Crippen LogP contribution in [-0.2, 0) is 17.6 Å². The predicted molar refractivity (Wildman–Crippen MR) is 106 cm³/mol. The summed E-state index contributed by atoms with van der Waals surface area (Å²) in [5.41, 5.74) is 1.47. The summed E-state index contributed by atoms with van der Waals surface area (Å²) in [4.78, 5) is 22.3. The fourth-order valence-corrected chi connectivity index (χ4v) is 3.04. The lowest BCUT2D eigenvalue weighted by Gasteiger charge is -2.15. The van der Waals surface area contributed by atoms with Crippen molar-refractivity contribution in [2.24, 2.45) is 0 Å². The number of phenols is 1. The second-order valence-corrected chi connectivity index (χ2v) is 6.68. The van der Waals surface area contributed by atoms with Crippen LogP contribution in [0, 0.1) is 0 Å². The molecule has 0 heterocycles. The number of carboxylic acid groups (broad SMARTS) is 1. The fraction of sp³-hybridized carbons (Fsp3) is 0.333. The number of aliphatic carboxylic acids is 1. The molecule has 2 aromatic rings. The molecule has 0 bridgehead atoms. The van der Waals surface area contributed by atoms with Crippen molar-refractivity contribution in [3.63, 3.8) is 0 Å². The lowest BCUT2D eigenvalue weighted by Crippen LogP contribution is -2.11. The second-order valence-electron chi connectivity index (χ2n) is 6.28. The number of Topliss-reactive ketones (excluding diaryl/α,β-unsaturated/α-hetero) is 1. The van der Waals surface area contributed by atoms with Crippen molar-refractivity contribution in [2.45, 2.75) is 33.1 Å². The lowest BCUT2D eigenvalue weighted by molar-refractivity contribution is -0.136. The van der Waals surface area contributed by atoms with E-state index in [-0.39, 0.29) is 36.7 Å². The SMILES string of the molecule is CCCc1c(OCCOc2ccc(CC(=O)O)cc2Cl)ccc(C(C)=O)c1O. The Morgan fingerprint density at radius 1 is 1.07 bits per heavy atom. The largest absolute Gasteiger partial charge is 0.507 e. The summed E-state index contributed by atoms with van der Waals surface area (Å²) >= 11 is 6.12. The number of aromatic hydroxyl groups is 1. The number of phenolic OH excluding ortho intramolecular Hbond substituents is 1. The number of benzene rings is 2. The van der Waals surface area contributed by atoms with Crippen LogP contribution in [0.15, 0.2) is 30.3 Å². The van der Waals surface area contributed by atoms with Gasteiger partial charge in [0.2, 0.25) is 0 Å². The molecule has 0 aliphatic rings. The molecule has 0 amide bonds. The van der Waals surface area contributed by atoms with Crippen LogP contribution in [0.2, 0.25) is 5.02 Å². The van der Waals surface area contributed by atoms with Crippen molar-refractivity contribution in [1.29, 1.82) is 0 Å². The fourth-order valence-electron chi connectivity index (χ4n) is 2.78. The van der Waals surface area contributed by atoms with Gasteiger partial charge in [-0.3, -0.25) is 9.59 Å². The van der Waals surface area contributed by atoms with Gasteiger partial charge < -0.3 is 19.7 Å². The molecule has 0 aromatic heterocycles. The first-order valence-electron chi connectivity index (χ1n) is 8.95. The van der Waals surface area contributed by atoms with E-state index < -0.39 is 5.97 Å². The van der Waals surface area contributed by atoms with E-state index in [4.69, 9.17) is 26.2 Å². The Morgan fingerprint density at radius 3 is 2.29 bits per heavy atom. The number of carbonyl (C=O) groups is 2. The summed E-state index contributed by atoms with van der Waals surface area (Å²) in [6, 6.07) is 8.05. The van der Waals surface area contributed by atoms with E-state index in [1.165, 1.54) is 6.92 Å². The predicted octanol–water partition coefficient (Wildman–Crippen LogP) is 4.29. The molecule has 7 heteroatoms. The van der Waals surface area contributed by atoms with Gasteiger partial charge in [-0.15, -0.1) is 0 Å². The topological polar surface area (TPSA) is 93.1 Å². The number of carbonyl (C=O) groups excluding carboxylic acids is 1. The van der Waals surface area contributed by atoms with Gasteiger partial charge in [-0.05, 0) is 43.2 Å². The highest BCUT2D eigenvalue weighted by Gasteiger charge is 2.16. The zero-order valence-electron chi connectivity index (χ0n) is 15.8. The van der Waals surface area contributed by atoms with Crippen LogP contribution < -0.4 is 9.47 Å². The van der Waals surface area contributed by atoms with E-state index in [2.05, 4.69) is 0 Å². The lowest BCUT2D eigenvalue weighted by atomic mass is 10.0. The molecule has 0 unspecified atom stereocenters. The van der Waals surface area contributed by atoms with Crippen LogP contribution in [-0.4, -0.2) is 35.2 Å². The van der Waals surface area contributed by atoms with Crippen LogP contribution in [0.1, 0.15) is 41.8 Å². The number of ketones is 1. The quantitative estimate of drug-likeness (QED) is 0.451. The first-order valence-corrected chi connectivity index (χ1v) is 9.32. The van der Waals surface area contributed by atoms with Gasteiger partial charge in [-0.2, -0.15) is 0 Å². The summed E-state index contributed by atoms with van der Waals surface area (Å²) < 4.78 is 11.3. The summed E-state index contributed by atoms with van der Waals surface area (Å²) in [6.45, 7) is 3.80. The molecule has 0 fully saturated rings. The summed E-state index contributed by atoms with van der Waals surface area (Å²) in [5, 5.41) is 19.5. The van der Waals surface area contributed by atoms with Gasteiger partial charge in [-0.1, -0.05) is 31.0 Å². The Bertz CT molecular complexity index is 862. The molecule has 0 aliphatic heterocycles. The highest BCUT2D eigenvalue weighted by Crippen LogP contribution is 2.33. The van der Waals surface area contributed by atoms with Crippen LogP contribution in [0.4, 0.5) is 0 Å². The second kappa shape index (κ2) is 9.99. The Kier molecular flexibility index (Phi) is 7.70. The number of rotatable bonds is 10. The van der Waals surface area contributed by atoms with E-state index in [1.807, 2.05) is 6.92 Å². The van der Waals surface area contributed by atoms with E-state index in [0.29, 0.717) is 34.1 Å². The Balaban J connectivity index is 1.99. The Hall–Kier alpha value is -2.73. The monoisotopic (exact) mass is 406 g/mol. The minimum atomic E-state index is -0.930. The van der Waals surface area contributed by atoms with Gasteiger partial charge in [0.05, 0.1) is 17.0 Å². The summed E-state index contributed by atoms with van der Waals surface area (Å²) in [6.07, 6.45) is 1.27. The minimum Gasteiger partial charge on any atom is -0.507 e. The van der Waals surface area contributed by atoms with E-state index in [9.17, 15) is 14.7 Å². The molecule has 0 aliphatic carbocycles. The van der Waals surface area contributed by atoms with Gasteiger partial charge in [0.15, 0.2) is 5.78 Å². The standard InChI is InChI=1S/C21H23ClO6/c1-3-4-16-18(8-6-15(13(2)23)21(16)26)27-9-10-28-19-7-5-14(11-17(19)22)12-20(24)25/h5-8,11,26H,3-4,9-10,12H2,1-2H3,(H,24,25). The van der Waals surface area contributed by atoms with Crippen LogP contribution in [0.3, 0.4) is 0 Å². The molecular formula is C21H23ClO6. The molecule has 0 spiro atoms. The number of hydrogen-bond donors (Lipinski definition) is 2. The molecule has 150 valence electrons. The third-order valence-corrected chi connectivity index (χ3v) is 4.36. The van der Waals surface area contributed by atoms with E-state index in [1.54, 1.807) is 30.3 Å². The molecule has 2 N–H and O–H groups in total. The molecular weight excluding hydrogens is 384 g/mol. The Labute approximate surface area is 168 Å². The molecule has 0 saturated carbocycles. The number of halogens is 1. The molecule has 0 saturated heterocycles.